The molecule has 2 aliphatic carbocycles. The lowest BCUT2D eigenvalue weighted by atomic mass is 9.93. The molecule has 0 aromatic heterocycles. The number of rotatable bonds is 0. The summed E-state index contributed by atoms with van der Waals surface area (Å²) < 4.78 is 0. The highest BCUT2D eigenvalue weighted by Crippen LogP contribution is 2.50. The van der Waals surface area contributed by atoms with E-state index in [0.29, 0.717) is 5.78 Å². The first-order chi connectivity index (χ1) is 6.80. The Bertz CT molecular complexity index is 425. The van der Waals surface area contributed by atoms with Crippen molar-refractivity contribution in [2.75, 3.05) is 0 Å². The molecular formula is C13H12O. The fraction of sp³-hybridized carbons (Fsp3) is 0.308. The summed E-state index contributed by atoms with van der Waals surface area (Å²) >= 11 is 0. The van der Waals surface area contributed by atoms with Crippen molar-refractivity contribution in [1.82, 2.24) is 0 Å². The summed E-state index contributed by atoms with van der Waals surface area (Å²) in [6.07, 6.45) is 6.81. The molecule has 1 nitrogen and oxygen atoms in total. The largest absolute Gasteiger partial charge is 0.294 e. The van der Waals surface area contributed by atoms with Crippen LogP contribution < -0.4 is 0 Å². The van der Waals surface area contributed by atoms with Crippen molar-refractivity contribution in [3.63, 3.8) is 0 Å². The molecule has 3 rings (SSSR count). The molecule has 0 atom stereocenters. The van der Waals surface area contributed by atoms with Crippen LogP contribution >= 0.6 is 0 Å². The molecule has 2 aliphatic rings. The number of benzene rings is 1. The van der Waals surface area contributed by atoms with Crippen LogP contribution in [0.5, 0.6) is 0 Å². The lowest BCUT2D eigenvalue weighted by molar-refractivity contribution is -0.119. The first-order valence-corrected chi connectivity index (χ1v) is 5.11. The zero-order chi connectivity index (χ0) is 9.60. The second kappa shape index (κ2) is 2.57. The van der Waals surface area contributed by atoms with Gasteiger partial charge in [-0.15, -0.1) is 0 Å². The summed E-state index contributed by atoms with van der Waals surface area (Å²) in [5.41, 5.74) is 2.53. The third-order valence-electron chi connectivity index (χ3n) is 3.37. The van der Waals surface area contributed by atoms with Crippen LogP contribution in [0.2, 0.25) is 0 Å². The Labute approximate surface area is 83.4 Å². The molecule has 1 fully saturated rings. The lowest BCUT2D eigenvalue weighted by Gasteiger charge is -2.10. The van der Waals surface area contributed by atoms with Crippen LogP contribution in [0.4, 0.5) is 0 Å². The molecule has 0 N–H and O–H groups in total. The second-order valence-electron chi connectivity index (χ2n) is 4.35. The Balaban J connectivity index is 2.11. The van der Waals surface area contributed by atoms with Gasteiger partial charge < -0.3 is 0 Å². The highest BCUT2D eigenvalue weighted by atomic mass is 16.1. The van der Waals surface area contributed by atoms with Gasteiger partial charge in [0, 0.05) is 5.41 Å². The van der Waals surface area contributed by atoms with E-state index in [9.17, 15) is 4.79 Å². The molecule has 14 heavy (non-hydrogen) atoms. The first kappa shape index (κ1) is 7.98. The summed E-state index contributed by atoms with van der Waals surface area (Å²) in [5.74, 6) is 0.328. The Morgan fingerprint density at radius 3 is 2.64 bits per heavy atom. The number of fused-ring (bicyclic) bond motifs is 1. The van der Waals surface area contributed by atoms with Crippen LogP contribution in [-0.4, -0.2) is 5.78 Å². The van der Waals surface area contributed by atoms with Crippen molar-refractivity contribution in [2.24, 2.45) is 5.41 Å². The van der Waals surface area contributed by atoms with Gasteiger partial charge in [0.05, 0.1) is 0 Å². The minimum absolute atomic E-state index is 0.0108. The van der Waals surface area contributed by atoms with E-state index in [1.54, 1.807) is 6.08 Å². The Morgan fingerprint density at radius 1 is 1.07 bits per heavy atom. The Kier molecular flexibility index (Phi) is 1.46. The topological polar surface area (TPSA) is 17.1 Å². The summed E-state index contributed by atoms with van der Waals surface area (Å²) in [6.45, 7) is 0. The molecule has 0 amide bonds. The molecule has 1 saturated carbocycles. The molecular weight excluding hydrogens is 172 g/mol. The Hall–Kier alpha value is -1.37. The molecule has 0 unspecified atom stereocenters. The number of carbonyl (C=O) groups excluding carboxylic acids is 1. The zero-order valence-corrected chi connectivity index (χ0v) is 7.99. The maximum Gasteiger partial charge on any atom is 0.162 e. The minimum atomic E-state index is -0.0108. The summed E-state index contributed by atoms with van der Waals surface area (Å²) in [5, 5.41) is 0. The van der Waals surface area contributed by atoms with Gasteiger partial charge in [-0.25, -0.2) is 0 Å². The molecule has 0 aliphatic heterocycles. The molecule has 1 heteroatoms. The van der Waals surface area contributed by atoms with Crippen LogP contribution in [0, 0.1) is 5.41 Å². The van der Waals surface area contributed by atoms with Gasteiger partial charge in [-0.3, -0.25) is 4.79 Å². The molecule has 0 radical (unpaired) electrons. The molecule has 1 spiro atoms. The van der Waals surface area contributed by atoms with Gasteiger partial charge >= 0.3 is 0 Å². The lowest BCUT2D eigenvalue weighted by Crippen LogP contribution is -2.14. The van der Waals surface area contributed by atoms with Crippen LogP contribution in [0.3, 0.4) is 0 Å². The van der Waals surface area contributed by atoms with Gasteiger partial charge in [-0.05, 0) is 36.5 Å². The second-order valence-corrected chi connectivity index (χ2v) is 4.35. The summed E-state index contributed by atoms with van der Waals surface area (Å²) in [6, 6.07) is 8.30. The van der Waals surface area contributed by atoms with Crippen LogP contribution in [0.25, 0.3) is 6.08 Å². The molecule has 0 bridgehead atoms. The standard InChI is InChI=1S/C13H12O/c14-12-6-5-10-3-1-2-4-11(10)9-13(12)7-8-13/h1-6H,7-9H2. The van der Waals surface area contributed by atoms with Gasteiger partial charge in [-0.2, -0.15) is 0 Å². The number of allylic oxidation sites excluding steroid dienone is 1. The number of carbonyl (C=O) groups is 1. The van der Waals surface area contributed by atoms with Crippen molar-refractivity contribution in [2.45, 2.75) is 19.3 Å². The van der Waals surface area contributed by atoms with E-state index in [2.05, 4.69) is 18.2 Å². The van der Waals surface area contributed by atoms with Gasteiger partial charge in [0.25, 0.3) is 0 Å². The summed E-state index contributed by atoms with van der Waals surface area (Å²) in [7, 11) is 0. The van der Waals surface area contributed by atoms with Crippen LogP contribution in [-0.2, 0) is 11.2 Å². The fourth-order valence-corrected chi connectivity index (χ4v) is 2.23. The monoisotopic (exact) mass is 184 g/mol. The molecule has 0 saturated heterocycles. The van der Waals surface area contributed by atoms with Crippen molar-refractivity contribution in [1.29, 1.82) is 0 Å². The van der Waals surface area contributed by atoms with E-state index in [1.165, 1.54) is 11.1 Å². The normalized spacial score (nSPS) is 21.9. The smallest absolute Gasteiger partial charge is 0.162 e. The highest BCUT2D eigenvalue weighted by molar-refractivity contribution is 6.01. The Morgan fingerprint density at radius 2 is 1.86 bits per heavy atom. The number of hydrogen-bond donors (Lipinski definition) is 0. The van der Waals surface area contributed by atoms with Crippen molar-refractivity contribution in [3.8, 4) is 0 Å². The first-order valence-electron chi connectivity index (χ1n) is 5.11. The van der Waals surface area contributed by atoms with E-state index >= 15 is 0 Å². The van der Waals surface area contributed by atoms with E-state index < -0.39 is 0 Å². The van der Waals surface area contributed by atoms with Crippen LogP contribution in [0.15, 0.2) is 30.3 Å². The fourth-order valence-electron chi connectivity index (χ4n) is 2.23. The molecule has 1 aromatic carbocycles. The van der Waals surface area contributed by atoms with Gasteiger partial charge in [0.1, 0.15) is 0 Å². The maximum atomic E-state index is 11.8. The van der Waals surface area contributed by atoms with Crippen molar-refractivity contribution >= 4 is 11.9 Å². The van der Waals surface area contributed by atoms with Crippen LogP contribution in [0.1, 0.15) is 24.0 Å². The third kappa shape index (κ3) is 1.05. The average Bonchev–Trinajstić information content (AvgIpc) is 2.98. The SMILES string of the molecule is O=C1C=Cc2ccccc2CC12CC2. The summed E-state index contributed by atoms with van der Waals surface area (Å²) in [4.78, 5) is 11.8. The zero-order valence-electron chi connectivity index (χ0n) is 7.99. The third-order valence-corrected chi connectivity index (χ3v) is 3.37. The van der Waals surface area contributed by atoms with E-state index in [-0.39, 0.29) is 5.41 Å². The molecule has 1 aromatic rings. The van der Waals surface area contributed by atoms with E-state index in [0.717, 1.165) is 19.3 Å². The maximum absolute atomic E-state index is 11.8. The van der Waals surface area contributed by atoms with Gasteiger partial charge in [0.15, 0.2) is 5.78 Å². The van der Waals surface area contributed by atoms with Crippen molar-refractivity contribution < 1.29 is 4.79 Å². The van der Waals surface area contributed by atoms with Crippen molar-refractivity contribution in [3.05, 3.63) is 41.5 Å². The molecule has 70 valence electrons. The van der Waals surface area contributed by atoms with Gasteiger partial charge in [0.2, 0.25) is 0 Å². The predicted molar refractivity (Wildman–Crippen MR) is 55.9 cm³/mol. The predicted octanol–water partition coefficient (Wildman–Crippen LogP) is 2.61. The quantitative estimate of drug-likeness (QED) is 0.605. The number of ketones is 1. The highest BCUT2D eigenvalue weighted by Gasteiger charge is 2.48. The minimum Gasteiger partial charge on any atom is -0.294 e. The van der Waals surface area contributed by atoms with Gasteiger partial charge in [-0.1, -0.05) is 30.3 Å². The average molecular weight is 184 g/mol. The van der Waals surface area contributed by atoms with E-state index in [4.69, 9.17) is 0 Å². The number of hydrogen-bond acceptors (Lipinski definition) is 1. The molecule has 0 heterocycles. The van der Waals surface area contributed by atoms with E-state index in [1.807, 2.05) is 12.1 Å².